The second-order valence-electron chi connectivity index (χ2n) is 4.81. The number of amides is 1. The summed E-state index contributed by atoms with van der Waals surface area (Å²) in [5, 5.41) is 9.26. The fraction of sp³-hybridized carbons (Fsp3) is 0.583. The van der Waals surface area contributed by atoms with Crippen molar-refractivity contribution >= 4 is 11.7 Å². The summed E-state index contributed by atoms with van der Waals surface area (Å²) in [6.07, 6.45) is 1.88. The Kier molecular flexibility index (Phi) is 4.04. The second kappa shape index (κ2) is 5.12. The minimum atomic E-state index is -0.263. The molecule has 0 aliphatic carbocycles. The molecule has 0 saturated heterocycles. The lowest BCUT2D eigenvalue weighted by molar-refractivity contribution is 0.0903. The third-order valence-electron chi connectivity index (χ3n) is 2.52. The summed E-state index contributed by atoms with van der Waals surface area (Å²) in [4.78, 5) is 22.9. The van der Waals surface area contributed by atoms with Gasteiger partial charge in [0, 0.05) is 12.5 Å². The number of H-pyrrole nitrogens is 1. The highest BCUT2D eigenvalue weighted by Crippen LogP contribution is 2.12. The molecule has 0 aliphatic rings. The summed E-state index contributed by atoms with van der Waals surface area (Å²) in [7, 11) is 0. The van der Waals surface area contributed by atoms with Gasteiger partial charge in [-0.2, -0.15) is 5.10 Å². The van der Waals surface area contributed by atoms with E-state index >= 15 is 0 Å². The molecule has 0 atom stereocenters. The van der Waals surface area contributed by atoms with Gasteiger partial charge in [0.1, 0.15) is 5.69 Å². The minimum absolute atomic E-state index is 0.135. The summed E-state index contributed by atoms with van der Waals surface area (Å²) in [5.74, 6) is -0.392. The van der Waals surface area contributed by atoms with E-state index in [9.17, 15) is 9.59 Å². The van der Waals surface area contributed by atoms with Crippen LogP contribution in [0.5, 0.6) is 0 Å². The van der Waals surface area contributed by atoms with E-state index in [0.29, 0.717) is 5.69 Å². The second-order valence-corrected chi connectivity index (χ2v) is 4.81. The summed E-state index contributed by atoms with van der Waals surface area (Å²) < 4.78 is 0. The van der Waals surface area contributed by atoms with E-state index in [2.05, 4.69) is 22.4 Å². The van der Waals surface area contributed by atoms with Crippen molar-refractivity contribution in [2.75, 3.05) is 0 Å². The molecule has 0 aliphatic heterocycles. The van der Waals surface area contributed by atoms with Gasteiger partial charge < -0.3 is 5.32 Å². The first-order valence-electron chi connectivity index (χ1n) is 5.74. The van der Waals surface area contributed by atoms with Crippen molar-refractivity contribution in [2.45, 2.75) is 46.1 Å². The molecule has 0 radical (unpaired) electrons. The molecular formula is C12H19N3O2. The van der Waals surface area contributed by atoms with Gasteiger partial charge in [0.05, 0.1) is 0 Å². The number of carbonyl (C=O) groups is 2. The normalized spacial score (nSPS) is 11.3. The number of nitrogens with one attached hydrogen (secondary N) is 2. The number of hydrogen-bond acceptors (Lipinski definition) is 3. The molecule has 1 amide bonds. The number of aromatic amines is 1. The van der Waals surface area contributed by atoms with E-state index in [1.807, 2.05) is 13.8 Å². The van der Waals surface area contributed by atoms with Gasteiger partial charge in [-0.3, -0.25) is 14.7 Å². The number of ketones is 1. The monoisotopic (exact) mass is 237 g/mol. The van der Waals surface area contributed by atoms with Gasteiger partial charge in [-0.25, -0.2) is 0 Å². The quantitative estimate of drug-likeness (QED) is 0.768. The molecule has 0 saturated carbocycles. The van der Waals surface area contributed by atoms with Crippen molar-refractivity contribution in [1.29, 1.82) is 0 Å². The fourth-order valence-corrected chi connectivity index (χ4v) is 1.68. The first-order valence-corrected chi connectivity index (χ1v) is 5.74. The van der Waals surface area contributed by atoms with Crippen LogP contribution in [0.25, 0.3) is 0 Å². The molecule has 1 heterocycles. The lowest BCUT2D eigenvalue weighted by atomic mass is 9.99. The maximum Gasteiger partial charge on any atom is 0.272 e. The Morgan fingerprint density at radius 2 is 2.12 bits per heavy atom. The predicted octanol–water partition coefficient (Wildman–Crippen LogP) is 1.92. The first kappa shape index (κ1) is 13.4. The molecule has 2 N–H and O–H groups in total. The SMILES string of the molecule is CCCC(C)(C)NC(=O)c1cc(C(C)=O)[nH]n1. The summed E-state index contributed by atoms with van der Waals surface area (Å²) >= 11 is 0. The lowest BCUT2D eigenvalue weighted by Gasteiger charge is -2.25. The average molecular weight is 237 g/mol. The van der Waals surface area contributed by atoms with Crippen LogP contribution in [0, 0.1) is 0 Å². The number of carbonyl (C=O) groups excluding carboxylic acids is 2. The van der Waals surface area contributed by atoms with Crippen molar-refractivity contribution in [1.82, 2.24) is 15.5 Å². The molecule has 0 fully saturated rings. The minimum Gasteiger partial charge on any atom is -0.346 e. The third kappa shape index (κ3) is 3.69. The number of aromatic nitrogens is 2. The van der Waals surface area contributed by atoms with E-state index < -0.39 is 0 Å². The summed E-state index contributed by atoms with van der Waals surface area (Å²) in [6, 6.07) is 1.47. The molecule has 5 nitrogen and oxygen atoms in total. The van der Waals surface area contributed by atoms with Crippen LogP contribution in [0.1, 0.15) is 61.5 Å². The molecular weight excluding hydrogens is 218 g/mol. The Labute approximate surface area is 101 Å². The smallest absolute Gasteiger partial charge is 0.272 e. The van der Waals surface area contributed by atoms with E-state index in [1.54, 1.807) is 0 Å². The number of nitrogens with zero attached hydrogens (tertiary/aromatic N) is 1. The Morgan fingerprint density at radius 3 is 2.59 bits per heavy atom. The molecule has 0 aromatic carbocycles. The van der Waals surface area contributed by atoms with Crippen LogP contribution in [0.3, 0.4) is 0 Å². The van der Waals surface area contributed by atoms with Crippen LogP contribution < -0.4 is 5.32 Å². The van der Waals surface area contributed by atoms with Gasteiger partial charge in [-0.05, 0) is 26.3 Å². The molecule has 0 bridgehead atoms. The molecule has 0 spiro atoms. The zero-order chi connectivity index (χ0) is 13.1. The van der Waals surface area contributed by atoms with Gasteiger partial charge in [0.2, 0.25) is 0 Å². The third-order valence-corrected chi connectivity index (χ3v) is 2.52. The molecule has 0 unspecified atom stereocenters. The highest BCUT2D eigenvalue weighted by molar-refractivity contribution is 5.97. The standard InChI is InChI=1S/C12H19N3O2/c1-5-6-12(3,4)13-11(17)10-7-9(8(2)16)14-15-10/h7H,5-6H2,1-4H3,(H,13,17)(H,14,15). The zero-order valence-corrected chi connectivity index (χ0v) is 10.8. The maximum atomic E-state index is 11.9. The van der Waals surface area contributed by atoms with Gasteiger partial charge in [0.25, 0.3) is 5.91 Å². The number of Topliss-reactive ketones (excluding diaryl/α,β-unsaturated/α-hetero) is 1. The molecule has 5 heteroatoms. The maximum absolute atomic E-state index is 11.9. The van der Waals surface area contributed by atoms with Crippen molar-refractivity contribution in [3.63, 3.8) is 0 Å². The Morgan fingerprint density at radius 1 is 1.47 bits per heavy atom. The van der Waals surface area contributed by atoms with Gasteiger partial charge in [-0.1, -0.05) is 13.3 Å². The van der Waals surface area contributed by atoms with Crippen LogP contribution >= 0.6 is 0 Å². The highest BCUT2D eigenvalue weighted by atomic mass is 16.2. The van der Waals surface area contributed by atoms with Crippen LogP contribution in [0.15, 0.2) is 6.07 Å². The van der Waals surface area contributed by atoms with Gasteiger partial charge in [0.15, 0.2) is 11.5 Å². The Balaban J connectivity index is 2.73. The Bertz CT molecular complexity index is 421. The fourth-order valence-electron chi connectivity index (χ4n) is 1.68. The van der Waals surface area contributed by atoms with Crippen LogP contribution in [-0.4, -0.2) is 27.4 Å². The largest absolute Gasteiger partial charge is 0.346 e. The van der Waals surface area contributed by atoms with Crippen molar-refractivity contribution in [2.24, 2.45) is 0 Å². The van der Waals surface area contributed by atoms with Crippen molar-refractivity contribution < 1.29 is 9.59 Å². The lowest BCUT2D eigenvalue weighted by Crippen LogP contribution is -2.43. The molecule has 1 aromatic heterocycles. The zero-order valence-electron chi connectivity index (χ0n) is 10.8. The molecule has 94 valence electrons. The average Bonchev–Trinajstić information content (AvgIpc) is 2.64. The predicted molar refractivity (Wildman–Crippen MR) is 65.0 cm³/mol. The van der Waals surface area contributed by atoms with Crippen LogP contribution in [-0.2, 0) is 0 Å². The van der Waals surface area contributed by atoms with Crippen molar-refractivity contribution in [3.8, 4) is 0 Å². The number of hydrogen-bond donors (Lipinski definition) is 2. The van der Waals surface area contributed by atoms with Gasteiger partial charge >= 0.3 is 0 Å². The summed E-state index contributed by atoms with van der Waals surface area (Å²) in [6.45, 7) is 7.42. The molecule has 1 aromatic rings. The van der Waals surface area contributed by atoms with E-state index in [-0.39, 0.29) is 22.9 Å². The first-order chi connectivity index (χ1) is 7.85. The van der Waals surface area contributed by atoms with E-state index in [1.165, 1.54) is 13.0 Å². The van der Waals surface area contributed by atoms with E-state index in [4.69, 9.17) is 0 Å². The summed E-state index contributed by atoms with van der Waals surface area (Å²) in [5.41, 5.74) is 0.337. The van der Waals surface area contributed by atoms with Crippen LogP contribution in [0.2, 0.25) is 0 Å². The van der Waals surface area contributed by atoms with Crippen LogP contribution in [0.4, 0.5) is 0 Å². The van der Waals surface area contributed by atoms with Gasteiger partial charge in [-0.15, -0.1) is 0 Å². The molecule has 1 rings (SSSR count). The molecule has 17 heavy (non-hydrogen) atoms. The number of rotatable bonds is 5. The Hall–Kier alpha value is -1.65. The van der Waals surface area contributed by atoms with E-state index in [0.717, 1.165) is 12.8 Å². The highest BCUT2D eigenvalue weighted by Gasteiger charge is 2.21. The van der Waals surface area contributed by atoms with Crippen molar-refractivity contribution in [3.05, 3.63) is 17.5 Å². The topological polar surface area (TPSA) is 74.8 Å².